The highest BCUT2D eigenvalue weighted by Crippen LogP contribution is 2.54. The standard InChI is InChI=1S/C20H32S/c1-8-18(6)13-19-9-11-20(12-10-19)21(7,14-16(2)3)15-17(4)5/h9-12,16-17H,1,13-15H2,2-7H3. The van der Waals surface area contributed by atoms with Gasteiger partial charge in [0.25, 0.3) is 0 Å². The maximum absolute atomic E-state index is 3.72. The van der Waals surface area contributed by atoms with Crippen molar-refractivity contribution < 1.29 is 0 Å². The van der Waals surface area contributed by atoms with Crippen LogP contribution in [0.4, 0.5) is 0 Å². The molecule has 0 aliphatic rings. The zero-order chi connectivity index (χ0) is 16.0. The monoisotopic (exact) mass is 304 g/mol. The van der Waals surface area contributed by atoms with E-state index < -0.39 is 10.0 Å². The Bertz CT molecular complexity index is 477. The van der Waals surface area contributed by atoms with Crippen LogP contribution in [-0.2, 0) is 6.42 Å². The lowest BCUT2D eigenvalue weighted by Gasteiger charge is -2.40. The molecule has 0 nitrogen and oxygen atoms in total. The van der Waals surface area contributed by atoms with Gasteiger partial charge in [0.2, 0.25) is 0 Å². The van der Waals surface area contributed by atoms with E-state index in [0.29, 0.717) is 0 Å². The van der Waals surface area contributed by atoms with Gasteiger partial charge >= 0.3 is 0 Å². The Morgan fingerprint density at radius 3 is 1.90 bits per heavy atom. The highest BCUT2D eigenvalue weighted by atomic mass is 32.3. The summed E-state index contributed by atoms with van der Waals surface area (Å²) in [6.45, 7) is 15.2. The first-order valence-corrected chi connectivity index (χ1v) is 10.3. The molecule has 21 heavy (non-hydrogen) atoms. The van der Waals surface area contributed by atoms with Crippen LogP contribution in [0.15, 0.2) is 47.0 Å². The van der Waals surface area contributed by atoms with Crippen molar-refractivity contribution >= 4 is 10.0 Å². The molecule has 0 aliphatic carbocycles. The fraction of sp³-hybridized carbons (Fsp3) is 0.550. The third-order valence-electron chi connectivity index (χ3n) is 3.67. The average Bonchev–Trinajstić information content (AvgIpc) is 2.37. The van der Waals surface area contributed by atoms with Crippen LogP contribution in [0, 0.1) is 11.8 Å². The predicted molar refractivity (Wildman–Crippen MR) is 99.7 cm³/mol. The molecule has 118 valence electrons. The maximum atomic E-state index is 3.72. The molecular weight excluding hydrogens is 272 g/mol. The molecular formula is C20H32S. The van der Waals surface area contributed by atoms with Crippen molar-refractivity contribution in [3.63, 3.8) is 0 Å². The van der Waals surface area contributed by atoms with E-state index in [-0.39, 0.29) is 0 Å². The van der Waals surface area contributed by atoms with Gasteiger partial charge in [-0.05, 0) is 64.7 Å². The summed E-state index contributed by atoms with van der Waals surface area (Å²) in [5.41, 5.74) is 5.56. The molecule has 1 aromatic carbocycles. The second-order valence-electron chi connectivity index (χ2n) is 7.17. The van der Waals surface area contributed by atoms with E-state index in [4.69, 9.17) is 0 Å². The Morgan fingerprint density at radius 1 is 1.05 bits per heavy atom. The summed E-state index contributed by atoms with van der Waals surface area (Å²) in [5, 5.41) is 0. The molecule has 0 bridgehead atoms. The van der Waals surface area contributed by atoms with E-state index in [1.807, 2.05) is 0 Å². The first-order valence-electron chi connectivity index (χ1n) is 7.95. The van der Waals surface area contributed by atoms with Gasteiger partial charge in [0.1, 0.15) is 0 Å². The van der Waals surface area contributed by atoms with E-state index in [9.17, 15) is 0 Å². The smallest absolute Gasteiger partial charge is 0.000613 e. The van der Waals surface area contributed by atoms with Crippen LogP contribution in [-0.4, -0.2) is 17.8 Å². The van der Waals surface area contributed by atoms with Gasteiger partial charge in [-0.2, -0.15) is 0 Å². The number of rotatable bonds is 7. The molecule has 0 atom stereocenters. The summed E-state index contributed by atoms with van der Waals surface area (Å²) in [6.07, 6.45) is 3.47. The van der Waals surface area contributed by atoms with Crippen LogP contribution in [0.1, 0.15) is 40.2 Å². The van der Waals surface area contributed by atoms with E-state index in [0.717, 1.165) is 18.3 Å². The van der Waals surface area contributed by atoms with Crippen molar-refractivity contribution in [1.82, 2.24) is 0 Å². The Hall–Kier alpha value is -0.910. The first kappa shape index (κ1) is 18.1. The lowest BCUT2D eigenvalue weighted by Crippen LogP contribution is -2.16. The summed E-state index contributed by atoms with van der Waals surface area (Å²) in [5.74, 6) is 4.18. The van der Waals surface area contributed by atoms with Crippen molar-refractivity contribution in [2.75, 3.05) is 17.8 Å². The minimum atomic E-state index is -0.702. The lowest BCUT2D eigenvalue weighted by molar-refractivity contribution is 0.719. The molecule has 0 N–H and O–H groups in total. The molecule has 1 rings (SSSR count). The highest BCUT2D eigenvalue weighted by Gasteiger charge is 2.23. The van der Waals surface area contributed by atoms with Crippen LogP contribution in [0.25, 0.3) is 0 Å². The second kappa shape index (κ2) is 7.92. The van der Waals surface area contributed by atoms with Crippen LogP contribution < -0.4 is 0 Å². The SMILES string of the molecule is C=C=C(C)Cc1ccc(S(C)(CC(C)C)CC(C)C)cc1. The van der Waals surface area contributed by atoms with Gasteiger partial charge in [0.05, 0.1) is 0 Å². The summed E-state index contributed by atoms with van der Waals surface area (Å²) in [7, 11) is -0.702. The van der Waals surface area contributed by atoms with Crippen LogP contribution >= 0.6 is 10.0 Å². The highest BCUT2D eigenvalue weighted by molar-refractivity contribution is 8.33. The molecule has 0 spiro atoms. The zero-order valence-corrected chi connectivity index (χ0v) is 15.5. The number of benzene rings is 1. The molecule has 0 fully saturated rings. The van der Waals surface area contributed by atoms with Gasteiger partial charge in [0, 0.05) is 6.42 Å². The van der Waals surface area contributed by atoms with Crippen molar-refractivity contribution in [1.29, 1.82) is 0 Å². The van der Waals surface area contributed by atoms with Gasteiger partial charge in [-0.3, -0.25) is 0 Å². The third-order valence-corrected chi connectivity index (χ3v) is 7.88. The van der Waals surface area contributed by atoms with Gasteiger partial charge < -0.3 is 0 Å². The van der Waals surface area contributed by atoms with Crippen molar-refractivity contribution in [2.45, 2.75) is 45.9 Å². The Kier molecular flexibility index (Phi) is 6.84. The Labute approximate surface area is 133 Å². The van der Waals surface area contributed by atoms with Gasteiger partial charge in [-0.25, -0.2) is 10.0 Å². The fourth-order valence-electron chi connectivity index (χ4n) is 3.04. The number of hydrogen-bond donors (Lipinski definition) is 0. The van der Waals surface area contributed by atoms with Gasteiger partial charge in [-0.1, -0.05) is 46.4 Å². The van der Waals surface area contributed by atoms with Crippen molar-refractivity contribution in [3.05, 3.63) is 47.7 Å². The van der Waals surface area contributed by atoms with E-state index in [2.05, 4.69) is 77.5 Å². The van der Waals surface area contributed by atoms with Crippen LogP contribution in [0.5, 0.6) is 0 Å². The second-order valence-corrected chi connectivity index (χ2v) is 10.9. The Morgan fingerprint density at radius 2 is 1.52 bits per heavy atom. The lowest BCUT2D eigenvalue weighted by atomic mass is 10.1. The summed E-state index contributed by atoms with van der Waals surface area (Å²) >= 11 is 0. The molecule has 0 aliphatic heterocycles. The number of allylic oxidation sites excluding steroid dienone is 1. The molecule has 0 saturated heterocycles. The summed E-state index contributed by atoms with van der Waals surface area (Å²) in [6, 6.07) is 9.32. The van der Waals surface area contributed by atoms with Gasteiger partial charge in [-0.15, -0.1) is 5.73 Å². The van der Waals surface area contributed by atoms with Crippen molar-refractivity contribution in [2.24, 2.45) is 11.8 Å². The topological polar surface area (TPSA) is 0 Å². The molecule has 0 radical (unpaired) electrons. The maximum Gasteiger partial charge on any atom is 0.000613 e. The largest absolute Gasteiger partial charge is 0.217 e. The fourth-order valence-corrected chi connectivity index (χ4v) is 7.29. The van der Waals surface area contributed by atoms with Crippen molar-refractivity contribution in [3.8, 4) is 0 Å². The normalized spacial score (nSPS) is 12.6. The van der Waals surface area contributed by atoms with E-state index >= 15 is 0 Å². The molecule has 1 aromatic rings. The predicted octanol–water partition coefficient (Wildman–Crippen LogP) is 6.07. The Balaban J connectivity index is 3.00. The molecule has 0 saturated carbocycles. The summed E-state index contributed by atoms with van der Waals surface area (Å²) in [4.78, 5) is 1.56. The van der Waals surface area contributed by atoms with E-state index in [1.54, 1.807) is 4.90 Å². The average molecular weight is 305 g/mol. The molecule has 1 heteroatoms. The van der Waals surface area contributed by atoms with E-state index in [1.165, 1.54) is 22.6 Å². The van der Waals surface area contributed by atoms with Crippen LogP contribution in [0.3, 0.4) is 0 Å². The summed E-state index contributed by atoms with van der Waals surface area (Å²) < 4.78 is 0. The molecule has 0 aromatic heterocycles. The van der Waals surface area contributed by atoms with Gasteiger partial charge in [0.15, 0.2) is 0 Å². The minimum Gasteiger partial charge on any atom is -0.217 e. The third kappa shape index (κ3) is 5.77. The quantitative estimate of drug-likeness (QED) is 0.537. The zero-order valence-electron chi connectivity index (χ0n) is 14.7. The molecule has 0 heterocycles. The number of hydrogen-bond acceptors (Lipinski definition) is 0. The minimum absolute atomic E-state index is 0.702. The molecule has 0 unspecified atom stereocenters. The van der Waals surface area contributed by atoms with Crippen LogP contribution in [0.2, 0.25) is 0 Å². The molecule has 0 amide bonds. The first-order chi connectivity index (χ1) is 9.76.